The maximum absolute atomic E-state index is 12.3. The van der Waals surface area contributed by atoms with Crippen LogP contribution in [0.15, 0.2) is 18.2 Å². The Morgan fingerprint density at radius 3 is 2.11 bits per heavy atom. The van der Waals surface area contributed by atoms with Gasteiger partial charge in [0.15, 0.2) is 0 Å². The number of aryl methyl sites for hydroxylation is 2. The standard InChI is InChI=1S/C16H26N2O/c1-5-12-8-7-9-13(6-2)15(12)18-16(19)14(10-17)11(3)4/h7-9,11,14H,5-6,10,17H2,1-4H3,(H,18,19). The highest BCUT2D eigenvalue weighted by Crippen LogP contribution is 2.24. The zero-order chi connectivity index (χ0) is 14.4. The van der Waals surface area contributed by atoms with Crippen LogP contribution in [0.25, 0.3) is 0 Å². The Hall–Kier alpha value is -1.35. The van der Waals surface area contributed by atoms with E-state index in [-0.39, 0.29) is 17.7 Å². The highest BCUT2D eigenvalue weighted by atomic mass is 16.1. The van der Waals surface area contributed by atoms with Crippen molar-refractivity contribution in [2.75, 3.05) is 11.9 Å². The second-order valence-electron chi connectivity index (χ2n) is 5.23. The second-order valence-corrected chi connectivity index (χ2v) is 5.23. The fourth-order valence-corrected chi connectivity index (χ4v) is 2.30. The van der Waals surface area contributed by atoms with Gasteiger partial charge in [0.25, 0.3) is 0 Å². The van der Waals surface area contributed by atoms with Crippen LogP contribution in [-0.2, 0) is 17.6 Å². The summed E-state index contributed by atoms with van der Waals surface area (Å²) >= 11 is 0. The van der Waals surface area contributed by atoms with Gasteiger partial charge in [0.05, 0.1) is 5.92 Å². The number of nitrogens with one attached hydrogen (secondary N) is 1. The van der Waals surface area contributed by atoms with E-state index < -0.39 is 0 Å². The van der Waals surface area contributed by atoms with Crippen molar-refractivity contribution in [1.29, 1.82) is 0 Å². The van der Waals surface area contributed by atoms with Gasteiger partial charge in [-0.25, -0.2) is 0 Å². The lowest BCUT2D eigenvalue weighted by Crippen LogP contribution is -2.33. The highest BCUT2D eigenvalue weighted by Gasteiger charge is 2.21. The third-order valence-electron chi connectivity index (χ3n) is 3.64. The molecule has 0 spiro atoms. The lowest BCUT2D eigenvalue weighted by molar-refractivity contribution is -0.120. The molecule has 3 heteroatoms. The van der Waals surface area contributed by atoms with Crippen LogP contribution in [0.1, 0.15) is 38.8 Å². The first-order valence-corrected chi connectivity index (χ1v) is 7.16. The minimum atomic E-state index is -0.130. The normalized spacial score (nSPS) is 12.5. The van der Waals surface area contributed by atoms with Crippen LogP contribution in [0.3, 0.4) is 0 Å². The summed E-state index contributed by atoms with van der Waals surface area (Å²) in [5.41, 5.74) is 9.07. The number of amides is 1. The van der Waals surface area contributed by atoms with E-state index in [1.807, 2.05) is 13.8 Å². The minimum Gasteiger partial charge on any atom is -0.330 e. The van der Waals surface area contributed by atoms with Gasteiger partial charge in [-0.05, 0) is 29.9 Å². The van der Waals surface area contributed by atoms with Crippen molar-refractivity contribution in [1.82, 2.24) is 0 Å². The van der Waals surface area contributed by atoms with Gasteiger partial charge in [-0.15, -0.1) is 0 Å². The van der Waals surface area contributed by atoms with Gasteiger partial charge in [-0.3, -0.25) is 4.79 Å². The number of hydrogen-bond acceptors (Lipinski definition) is 2. The Labute approximate surface area is 116 Å². The molecule has 3 nitrogen and oxygen atoms in total. The molecule has 0 fully saturated rings. The first-order chi connectivity index (χ1) is 9.04. The molecule has 1 aromatic rings. The first-order valence-electron chi connectivity index (χ1n) is 7.16. The molecule has 0 radical (unpaired) electrons. The molecule has 1 aromatic carbocycles. The van der Waals surface area contributed by atoms with Gasteiger partial charge >= 0.3 is 0 Å². The molecule has 0 aliphatic rings. The number of anilines is 1. The maximum atomic E-state index is 12.3. The van der Waals surface area contributed by atoms with Crippen molar-refractivity contribution in [2.24, 2.45) is 17.6 Å². The number of benzene rings is 1. The van der Waals surface area contributed by atoms with Gasteiger partial charge in [0.1, 0.15) is 0 Å². The maximum Gasteiger partial charge on any atom is 0.229 e. The SMILES string of the molecule is CCc1cccc(CC)c1NC(=O)C(CN)C(C)C. The third kappa shape index (κ3) is 3.80. The van der Waals surface area contributed by atoms with Gasteiger partial charge in [0, 0.05) is 12.2 Å². The number of nitrogens with two attached hydrogens (primary N) is 1. The Morgan fingerprint density at radius 2 is 1.74 bits per heavy atom. The van der Waals surface area contributed by atoms with Gasteiger partial charge < -0.3 is 11.1 Å². The fourth-order valence-electron chi connectivity index (χ4n) is 2.30. The Morgan fingerprint density at radius 1 is 1.21 bits per heavy atom. The number of carbonyl (C=O) groups is 1. The zero-order valence-corrected chi connectivity index (χ0v) is 12.5. The molecule has 0 aliphatic heterocycles. The average Bonchev–Trinajstić information content (AvgIpc) is 2.39. The molecule has 0 saturated heterocycles. The van der Waals surface area contributed by atoms with Crippen LogP contribution in [0, 0.1) is 11.8 Å². The van der Waals surface area contributed by atoms with Gasteiger partial charge in [-0.1, -0.05) is 45.9 Å². The van der Waals surface area contributed by atoms with Crippen LogP contribution < -0.4 is 11.1 Å². The molecule has 0 bridgehead atoms. The molecule has 106 valence electrons. The van der Waals surface area contributed by atoms with Crippen molar-refractivity contribution in [3.8, 4) is 0 Å². The number of hydrogen-bond donors (Lipinski definition) is 2. The summed E-state index contributed by atoms with van der Waals surface area (Å²) in [6.45, 7) is 8.66. The summed E-state index contributed by atoms with van der Waals surface area (Å²) in [6.07, 6.45) is 1.83. The Balaban J connectivity index is 3.01. The topological polar surface area (TPSA) is 55.1 Å². The van der Waals surface area contributed by atoms with Crippen molar-refractivity contribution in [3.63, 3.8) is 0 Å². The van der Waals surface area contributed by atoms with Crippen molar-refractivity contribution < 1.29 is 4.79 Å². The first kappa shape index (κ1) is 15.7. The number of rotatable bonds is 6. The molecular weight excluding hydrogens is 236 g/mol. The van der Waals surface area contributed by atoms with Crippen LogP contribution in [0.4, 0.5) is 5.69 Å². The van der Waals surface area contributed by atoms with Crippen LogP contribution in [0.5, 0.6) is 0 Å². The van der Waals surface area contributed by atoms with Crippen LogP contribution in [-0.4, -0.2) is 12.5 Å². The summed E-state index contributed by atoms with van der Waals surface area (Å²) in [5.74, 6) is 0.159. The zero-order valence-electron chi connectivity index (χ0n) is 12.5. The van der Waals surface area contributed by atoms with Crippen LogP contribution in [0.2, 0.25) is 0 Å². The molecule has 0 aromatic heterocycles. The van der Waals surface area contributed by atoms with E-state index in [9.17, 15) is 4.79 Å². The Kier molecular flexibility index (Phi) is 6.03. The summed E-state index contributed by atoms with van der Waals surface area (Å²) in [4.78, 5) is 12.3. The molecule has 1 atom stereocenters. The fraction of sp³-hybridized carbons (Fsp3) is 0.562. The molecule has 0 saturated carbocycles. The van der Waals surface area contributed by atoms with E-state index in [1.54, 1.807) is 0 Å². The molecule has 1 unspecified atom stereocenters. The van der Waals surface area contributed by atoms with Crippen molar-refractivity contribution in [2.45, 2.75) is 40.5 Å². The quantitative estimate of drug-likeness (QED) is 0.828. The molecule has 1 rings (SSSR count). The molecule has 1 amide bonds. The van der Waals surface area contributed by atoms with Gasteiger partial charge in [-0.2, -0.15) is 0 Å². The Bertz CT molecular complexity index is 405. The minimum absolute atomic E-state index is 0.0353. The molecule has 3 N–H and O–H groups in total. The lowest BCUT2D eigenvalue weighted by Gasteiger charge is -2.21. The van der Waals surface area contributed by atoms with E-state index in [4.69, 9.17) is 5.73 Å². The smallest absolute Gasteiger partial charge is 0.229 e. The summed E-state index contributed by atoms with van der Waals surface area (Å²) in [6, 6.07) is 6.19. The van der Waals surface area contributed by atoms with E-state index in [0.29, 0.717) is 6.54 Å². The van der Waals surface area contributed by atoms with Crippen molar-refractivity contribution >= 4 is 11.6 Å². The largest absolute Gasteiger partial charge is 0.330 e. The average molecular weight is 262 g/mol. The second kappa shape index (κ2) is 7.29. The number of carbonyl (C=O) groups excluding carboxylic acids is 1. The lowest BCUT2D eigenvalue weighted by atomic mass is 9.94. The van der Waals surface area contributed by atoms with Crippen LogP contribution >= 0.6 is 0 Å². The van der Waals surface area contributed by atoms with Crippen molar-refractivity contribution in [3.05, 3.63) is 29.3 Å². The monoisotopic (exact) mass is 262 g/mol. The van der Waals surface area contributed by atoms with E-state index >= 15 is 0 Å². The van der Waals surface area contributed by atoms with E-state index in [1.165, 1.54) is 11.1 Å². The van der Waals surface area contributed by atoms with Gasteiger partial charge in [0.2, 0.25) is 5.91 Å². The van der Waals surface area contributed by atoms with E-state index in [0.717, 1.165) is 18.5 Å². The summed E-state index contributed by atoms with van der Waals surface area (Å²) in [5, 5.41) is 3.09. The predicted octanol–water partition coefficient (Wildman–Crippen LogP) is 2.98. The van der Waals surface area contributed by atoms with E-state index in [2.05, 4.69) is 37.4 Å². The predicted molar refractivity (Wildman–Crippen MR) is 81.2 cm³/mol. The molecular formula is C16H26N2O. The third-order valence-corrected chi connectivity index (χ3v) is 3.64. The summed E-state index contributed by atoms with van der Waals surface area (Å²) < 4.78 is 0. The molecule has 0 aliphatic carbocycles. The highest BCUT2D eigenvalue weighted by molar-refractivity contribution is 5.94. The molecule has 19 heavy (non-hydrogen) atoms. The summed E-state index contributed by atoms with van der Waals surface area (Å²) in [7, 11) is 0. The number of para-hydroxylation sites is 1. The molecule has 0 heterocycles.